The van der Waals surface area contributed by atoms with E-state index in [1.54, 1.807) is 54.6 Å². The lowest BCUT2D eigenvalue weighted by Gasteiger charge is -2.26. The van der Waals surface area contributed by atoms with E-state index in [2.05, 4.69) is 15.7 Å². The lowest BCUT2D eigenvalue weighted by molar-refractivity contribution is -0.143. The highest BCUT2D eigenvalue weighted by Gasteiger charge is 2.39. The number of nitrogens with one attached hydrogen (secondary N) is 2. The number of hydrogen-bond donors (Lipinski definition) is 3. The number of ether oxygens (including phenoxy) is 1. The second-order valence-corrected chi connectivity index (χ2v) is 9.14. The third kappa shape index (κ3) is 7.15. The molecule has 1 saturated carbocycles. The molecule has 4 rings (SSSR count). The van der Waals surface area contributed by atoms with Crippen LogP contribution in [0.2, 0.25) is 0 Å². The molecule has 206 valence electrons. The summed E-state index contributed by atoms with van der Waals surface area (Å²) in [7, 11) is 0. The molecule has 39 heavy (non-hydrogen) atoms. The molecule has 0 saturated heterocycles. The standard InChI is InChI=1S/C27H27F3N4O5/c28-27(29,30)23-22(16-34(33-23)19-4-2-1-3-5-19)25(36)32-15-14-31-24(35)17-6-10-20(11-7-17)39-21-12-8-18(9-13-21)26(37)38/h1-7,10-11,16,18,21H,8-9,12-15H2,(H,31,35)(H,32,36)(H,37,38)/t18-,21+. The van der Waals surface area contributed by atoms with Crippen molar-refractivity contribution in [2.75, 3.05) is 13.1 Å². The third-order valence-corrected chi connectivity index (χ3v) is 6.39. The number of alkyl halides is 3. The van der Waals surface area contributed by atoms with E-state index in [1.807, 2.05) is 0 Å². The maximum Gasteiger partial charge on any atom is 0.435 e. The summed E-state index contributed by atoms with van der Waals surface area (Å²) >= 11 is 0. The zero-order chi connectivity index (χ0) is 28.0. The quantitative estimate of drug-likeness (QED) is 0.349. The number of carboxylic acid groups (broad SMARTS) is 1. The van der Waals surface area contributed by atoms with Crippen molar-refractivity contribution in [3.05, 3.63) is 77.6 Å². The first-order valence-corrected chi connectivity index (χ1v) is 12.4. The van der Waals surface area contributed by atoms with Crippen molar-refractivity contribution in [1.29, 1.82) is 0 Å². The van der Waals surface area contributed by atoms with Crippen LogP contribution in [0.3, 0.4) is 0 Å². The number of carbonyl (C=O) groups is 3. The van der Waals surface area contributed by atoms with Gasteiger partial charge in [-0.1, -0.05) is 18.2 Å². The molecular weight excluding hydrogens is 517 g/mol. The van der Waals surface area contributed by atoms with Crippen LogP contribution in [0, 0.1) is 5.92 Å². The average Bonchev–Trinajstić information content (AvgIpc) is 3.39. The van der Waals surface area contributed by atoms with Gasteiger partial charge in [-0.2, -0.15) is 18.3 Å². The first-order valence-electron chi connectivity index (χ1n) is 12.4. The number of aromatic nitrogens is 2. The molecule has 0 atom stereocenters. The maximum absolute atomic E-state index is 13.5. The van der Waals surface area contributed by atoms with Crippen LogP contribution in [0.5, 0.6) is 5.75 Å². The highest BCUT2D eigenvalue weighted by Crippen LogP contribution is 2.31. The molecule has 1 aliphatic rings. The largest absolute Gasteiger partial charge is 0.490 e. The molecule has 0 aliphatic heterocycles. The highest BCUT2D eigenvalue weighted by atomic mass is 19.4. The summed E-state index contributed by atoms with van der Waals surface area (Å²) in [5.74, 6) is -1.94. The molecule has 1 aromatic heterocycles. The number of amides is 2. The van der Waals surface area contributed by atoms with Gasteiger partial charge in [0, 0.05) is 24.8 Å². The van der Waals surface area contributed by atoms with E-state index in [0.717, 1.165) is 10.9 Å². The van der Waals surface area contributed by atoms with Crippen LogP contribution in [0.15, 0.2) is 60.8 Å². The number of halogens is 3. The van der Waals surface area contributed by atoms with Gasteiger partial charge in [-0.25, -0.2) is 4.68 Å². The molecule has 0 unspecified atom stereocenters. The molecule has 0 bridgehead atoms. The van der Waals surface area contributed by atoms with Crippen LogP contribution in [0.25, 0.3) is 5.69 Å². The lowest BCUT2D eigenvalue weighted by atomic mass is 9.87. The van der Waals surface area contributed by atoms with Crippen molar-refractivity contribution in [1.82, 2.24) is 20.4 Å². The number of carbonyl (C=O) groups excluding carboxylic acids is 2. The summed E-state index contributed by atoms with van der Waals surface area (Å²) in [5.41, 5.74) is -1.21. The Morgan fingerprint density at radius 2 is 1.54 bits per heavy atom. The van der Waals surface area contributed by atoms with Crippen molar-refractivity contribution < 1.29 is 37.4 Å². The fourth-order valence-electron chi connectivity index (χ4n) is 4.32. The Bertz CT molecular complexity index is 1300. The van der Waals surface area contributed by atoms with Crippen molar-refractivity contribution >= 4 is 17.8 Å². The van der Waals surface area contributed by atoms with Crippen molar-refractivity contribution in [3.63, 3.8) is 0 Å². The summed E-state index contributed by atoms with van der Waals surface area (Å²) in [6.07, 6.45) is -1.48. The minimum absolute atomic E-state index is 0.0101. The smallest absolute Gasteiger partial charge is 0.435 e. The van der Waals surface area contributed by atoms with E-state index < -0.39 is 35.2 Å². The fraction of sp³-hybridized carbons (Fsp3) is 0.333. The monoisotopic (exact) mass is 544 g/mol. The SMILES string of the molecule is O=C(NCCNC(=O)c1cn(-c2ccccc2)nc1C(F)(F)F)c1ccc(O[C@H]2CC[C@@H](C(=O)O)CC2)cc1. The summed E-state index contributed by atoms with van der Waals surface area (Å²) < 4.78 is 47.3. The van der Waals surface area contributed by atoms with Gasteiger partial charge < -0.3 is 20.5 Å². The molecule has 2 amide bonds. The normalized spacial score (nSPS) is 17.3. The minimum atomic E-state index is -4.82. The maximum atomic E-state index is 13.5. The Labute approximate surface area is 222 Å². The number of hydrogen-bond acceptors (Lipinski definition) is 5. The van der Waals surface area contributed by atoms with E-state index in [-0.39, 0.29) is 25.1 Å². The number of rotatable bonds is 9. The lowest BCUT2D eigenvalue weighted by Crippen LogP contribution is -2.35. The predicted octanol–water partition coefficient (Wildman–Crippen LogP) is 4.07. The number of nitrogens with zero attached hydrogens (tertiary/aromatic N) is 2. The van der Waals surface area contributed by atoms with Crippen LogP contribution in [0.1, 0.15) is 52.1 Å². The first-order chi connectivity index (χ1) is 18.6. The van der Waals surface area contributed by atoms with Crippen LogP contribution in [-0.2, 0) is 11.0 Å². The summed E-state index contributed by atoms with van der Waals surface area (Å²) in [6.45, 7) is -0.109. The fourth-order valence-corrected chi connectivity index (χ4v) is 4.32. The van der Waals surface area contributed by atoms with Gasteiger partial charge in [0.05, 0.1) is 23.3 Å². The first kappa shape index (κ1) is 27.7. The van der Waals surface area contributed by atoms with Crippen LogP contribution < -0.4 is 15.4 Å². The van der Waals surface area contributed by atoms with Gasteiger partial charge >= 0.3 is 12.1 Å². The Morgan fingerprint density at radius 1 is 0.923 bits per heavy atom. The van der Waals surface area contributed by atoms with E-state index in [4.69, 9.17) is 9.84 Å². The van der Waals surface area contributed by atoms with Crippen LogP contribution >= 0.6 is 0 Å². The third-order valence-electron chi connectivity index (χ3n) is 6.39. The molecule has 12 heteroatoms. The molecule has 9 nitrogen and oxygen atoms in total. The van der Waals surface area contributed by atoms with Gasteiger partial charge in [-0.05, 0) is 62.1 Å². The molecule has 1 heterocycles. The Hall–Kier alpha value is -4.35. The topological polar surface area (TPSA) is 123 Å². The van der Waals surface area contributed by atoms with E-state index in [9.17, 15) is 27.6 Å². The molecular formula is C27H27F3N4O5. The second kappa shape index (κ2) is 12.0. The van der Waals surface area contributed by atoms with E-state index in [1.165, 1.54) is 0 Å². The summed E-state index contributed by atoms with van der Waals surface area (Å²) in [6, 6.07) is 14.5. The molecule has 3 aromatic rings. The number of para-hydroxylation sites is 1. The zero-order valence-corrected chi connectivity index (χ0v) is 20.8. The number of carboxylic acids is 1. The Morgan fingerprint density at radius 3 is 2.13 bits per heavy atom. The molecule has 1 fully saturated rings. The highest BCUT2D eigenvalue weighted by molar-refractivity contribution is 5.96. The zero-order valence-electron chi connectivity index (χ0n) is 20.8. The average molecular weight is 545 g/mol. The van der Waals surface area contributed by atoms with Gasteiger partial charge in [0.2, 0.25) is 0 Å². The van der Waals surface area contributed by atoms with Gasteiger partial charge in [0.1, 0.15) is 5.75 Å². The van der Waals surface area contributed by atoms with Crippen molar-refractivity contribution in [2.24, 2.45) is 5.92 Å². The van der Waals surface area contributed by atoms with E-state index >= 15 is 0 Å². The molecule has 2 aromatic carbocycles. The van der Waals surface area contributed by atoms with Gasteiger partial charge in [0.15, 0.2) is 5.69 Å². The van der Waals surface area contributed by atoms with Gasteiger partial charge in [0.25, 0.3) is 11.8 Å². The molecule has 1 aliphatic carbocycles. The number of benzene rings is 2. The van der Waals surface area contributed by atoms with E-state index in [0.29, 0.717) is 42.7 Å². The summed E-state index contributed by atoms with van der Waals surface area (Å²) in [4.78, 5) is 36.0. The minimum Gasteiger partial charge on any atom is -0.490 e. The van der Waals surface area contributed by atoms with Gasteiger partial charge in [-0.15, -0.1) is 0 Å². The van der Waals surface area contributed by atoms with Crippen LogP contribution in [-0.4, -0.2) is 51.9 Å². The van der Waals surface area contributed by atoms with Gasteiger partial charge in [-0.3, -0.25) is 14.4 Å². The molecule has 0 spiro atoms. The van der Waals surface area contributed by atoms with Crippen molar-refractivity contribution in [3.8, 4) is 11.4 Å². The second-order valence-electron chi connectivity index (χ2n) is 9.14. The Balaban J connectivity index is 1.26. The molecule has 0 radical (unpaired) electrons. The summed E-state index contributed by atoms with van der Waals surface area (Å²) in [5, 5.41) is 17.6. The van der Waals surface area contributed by atoms with Crippen LogP contribution in [0.4, 0.5) is 13.2 Å². The Kier molecular flexibility index (Phi) is 8.52. The van der Waals surface area contributed by atoms with Crippen molar-refractivity contribution in [2.45, 2.75) is 38.0 Å². The number of aliphatic carboxylic acids is 1. The predicted molar refractivity (Wildman–Crippen MR) is 134 cm³/mol. The molecule has 3 N–H and O–H groups in total.